The van der Waals surface area contributed by atoms with Crippen LogP contribution in [0.15, 0.2) is 71.8 Å². The van der Waals surface area contributed by atoms with Gasteiger partial charge < -0.3 is 39.6 Å². The maximum atomic E-state index is 14.9. The van der Waals surface area contributed by atoms with Gasteiger partial charge in [-0.05, 0) is 49.6 Å². The summed E-state index contributed by atoms with van der Waals surface area (Å²) in [4.78, 5) is 68.1. The second-order valence-electron chi connectivity index (χ2n) is 16.0. The summed E-state index contributed by atoms with van der Waals surface area (Å²) in [7, 11) is 0. The van der Waals surface area contributed by atoms with Crippen LogP contribution in [0.2, 0.25) is 0 Å². The average Bonchev–Trinajstić information content (AvgIpc) is 3.12. The maximum Gasteiger partial charge on any atom is 0.338 e. The van der Waals surface area contributed by atoms with Crippen LogP contribution >= 0.6 is 0 Å². The van der Waals surface area contributed by atoms with Gasteiger partial charge in [-0.15, -0.1) is 0 Å². The number of benzene rings is 2. The van der Waals surface area contributed by atoms with Crippen molar-refractivity contribution in [2.75, 3.05) is 6.61 Å². The number of ether oxygens (including phenoxy) is 4. The molecule has 54 heavy (non-hydrogen) atoms. The highest BCUT2D eigenvalue weighted by molar-refractivity contribution is 5.94. The fourth-order valence-corrected chi connectivity index (χ4v) is 9.53. The minimum atomic E-state index is -2.24. The monoisotopic (exact) mass is 747 g/mol. The lowest BCUT2D eigenvalue weighted by molar-refractivity contribution is -0.346. The first kappa shape index (κ1) is 39.3. The minimum Gasteiger partial charge on any atom is -0.457 e. The van der Waals surface area contributed by atoms with Crippen molar-refractivity contribution < 1.29 is 58.2 Å². The van der Waals surface area contributed by atoms with Crippen LogP contribution in [-0.4, -0.2) is 93.2 Å². The largest absolute Gasteiger partial charge is 0.457 e. The van der Waals surface area contributed by atoms with Crippen molar-refractivity contribution in [3.8, 4) is 0 Å². The standard InChI is InChI=1S/C41H49NO12/c1-21-27(52-36(48)22(2)31(42-23(3)43)25-14-10-8-11-15-25)19-41(50)35(53-37(49)26-16-12-9-13-17-26)33-39(7,34(47)32(46)30(21)38(41,5)6)28(45)18-29-40(33,20-51-29)54-24(4)44/h8-17,22,27-29,31-33,35,45-46,50H,18-20H2,1-7H3,(H,42,43)/t22-,27+,28+,29-,31-,32-,33?,35+,39-,40+,41-/m1/s1. The molecule has 2 aromatic rings. The average molecular weight is 748 g/mol. The predicted molar refractivity (Wildman–Crippen MR) is 191 cm³/mol. The number of rotatable bonds is 8. The number of hydrogen-bond donors (Lipinski definition) is 4. The van der Waals surface area contributed by atoms with Gasteiger partial charge in [-0.2, -0.15) is 0 Å². The minimum absolute atomic E-state index is 0.0364. The summed E-state index contributed by atoms with van der Waals surface area (Å²) in [5, 5.41) is 40.2. The number of carbonyl (C=O) groups excluding carboxylic acids is 5. The lowest BCUT2D eigenvalue weighted by Crippen LogP contribution is -2.81. The zero-order chi connectivity index (χ0) is 39.5. The summed E-state index contributed by atoms with van der Waals surface area (Å²) < 4.78 is 24.3. The Kier molecular flexibility index (Phi) is 10.2. The molecule has 4 N–H and O–H groups in total. The van der Waals surface area contributed by atoms with Crippen LogP contribution in [0.25, 0.3) is 0 Å². The van der Waals surface area contributed by atoms with E-state index in [2.05, 4.69) is 5.32 Å². The molecule has 0 radical (unpaired) electrons. The van der Waals surface area contributed by atoms with Crippen LogP contribution in [-0.2, 0) is 38.1 Å². The van der Waals surface area contributed by atoms with Gasteiger partial charge in [0, 0.05) is 32.1 Å². The Morgan fingerprint density at radius 2 is 1.56 bits per heavy atom. The van der Waals surface area contributed by atoms with E-state index in [1.54, 1.807) is 76.2 Å². The first-order valence-corrected chi connectivity index (χ1v) is 18.2. The van der Waals surface area contributed by atoms with Gasteiger partial charge in [0.1, 0.15) is 30.0 Å². The van der Waals surface area contributed by atoms with Gasteiger partial charge in [0.15, 0.2) is 11.4 Å². The van der Waals surface area contributed by atoms with Crippen molar-refractivity contribution in [2.45, 2.75) is 109 Å². The molecule has 6 rings (SSSR count). The highest BCUT2D eigenvalue weighted by Gasteiger charge is 2.78. The molecule has 0 spiro atoms. The molecule has 2 aromatic carbocycles. The maximum absolute atomic E-state index is 14.9. The molecule has 3 fully saturated rings. The highest BCUT2D eigenvalue weighted by atomic mass is 16.6. The third-order valence-corrected chi connectivity index (χ3v) is 12.6. The zero-order valence-corrected chi connectivity index (χ0v) is 31.5. The second kappa shape index (κ2) is 14.0. The summed E-state index contributed by atoms with van der Waals surface area (Å²) in [5.74, 6) is -5.97. The normalized spacial score (nSPS) is 35.0. The van der Waals surface area contributed by atoms with Crippen molar-refractivity contribution in [1.29, 1.82) is 0 Å². The Labute approximate surface area is 314 Å². The van der Waals surface area contributed by atoms with Crippen LogP contribution in [0.5, 0.6) is 0 Å². The number of fused-ring (bicyclic) bond motifs is 5. The molecule has 1 amide bonds. The molecule has 2 bridgehead atoms. The molecule has 1 saturated heterocycles. The molecule has 1 unspecified atom stereocenters. The summed E-state index contributed by atoms with van der Waals surface area (Å²) in [6.07, 6.45) is -7.86. The van der Waals surface area contributed by atoms with Gasteiger partial charge in [0.25, 0.3) is 0 Å². The van der Waals surface area contributed by atoms with Gasteiger partial charge in [-0.3, -0.25) is 19.2 Å². The Morgan fingerprint density at radius 3 is 2.11 bits per heavy atom. The van der Waals surface area contributed by atoms with Crippen LogP contribution in [0.4, 0.5) is 0 Å². The van der Waals surface area contributed by atoms with Crippen LogP contribution < -0.4 is 5.32 Å². The van der Waals surface area contributed by atoms with E-state index in [0.717, 1.165) is 0 Å². The van der Waals surface area contributed by atoms with E-state index in [1.807, 2.05) is 0 Å². The van der Waals surface area contributed by atoms with Crippen LogP contribution in [0.3, 0.4) is 0 Å². The van der Waals surface area contributed by atoms with Crippen molar-refractivity contribution in [3.05, 3.63) is 82.9 Å². The molecule has 290 valence electrons. The Hall–Kier alpha value is -4.43. The molecule has 11 atom stereocenters. The lowest BCUT2D eigenvalue weighted by Gasteiger charge is -2.67. The van der Waals surface area contributed by atoms with E-state index >= 15 is 0 Å². The Balaban J connectivity index is 1.52. The number of esters is 3. The van der Waals surface area contributed by atoms with Gasteiger partial charge in [-0.25, -0.2) is 4.79 Å². The number of hydrogen-bond acceptors (Lipinski definition) is 12. The number of aliphatic hydroxyl groups is 3. The lowest BCUT2D eigenvalue weighted by atomic mass is 9.44. The topological polar surface area (TPSA) is 195 Å². The smallest absolute Gasteiger partial charge is 0.338 e. The molecule has 1 heterocycles. The highest BCUT2D eigenvalue weighted by Crippen LogP contribution is 2.64. The van der Waals surface area contributed by atoms with Gasteiger partial charge >= 0.3 is 17.9 Å². The molecule has 3 aliphatic carbocycles. The van der Waals surface area contributed by atoms with E-state index in [9.17, 15) is 39.3 Å². The molecule has 4 aliphatic rings. The Bertz CT molecular complexity index is 1860. The fourth-order valence-electron chi connectivity index (χ4n) is 9.53. The molecule has 13 nitrogen and oxygen atoms in total. The summed E-state index contributed by atoms with van der Waals surface area (Å²) in [6, 6.07) is 16.1. The van der Waals surface area contributed by atoms with E-state index in [1.165, 1.54) is 32.9 Å². The van der Waals surface area contributed by atoms with E-state index in [4.69, 9.17) is 18.9 Å². The number of amides is 1. The first-order chi connectivity index (χ1) is 25.3. The first-order valence-electron chi connectivity index (χ1n) is 18.2. The Morgan fingerprint density at radius 1 is 0.944 bits per heavy atom. The fraction of sp³-hybridized carbons (Fsp3) is 0.537. The van der Waals surface area contributed by atoms with Gasteiger partial charge in [0.2, 0.25) is 5.91 Å². The quantitative estimate of drug-likeness (QED) is 0.175. The van der Waals surface area contributed by atoms with Crippen LogP contribution in [0.1, 0.15) is 83.3 Å². The van der Waals surface area contributed by atoms with Gasteiger partial charge in [-0.1, -0.05) is 62.4 Å². The SMILES string of the molecule is CC(=O)N[C@@H](c1ccccc1)[C@@H](C)C(=O)O[C@H]1C[C@@]2(O)[C@@H](OC(=O)c3ccccc3)C3[C@](C)(C(=O)[C@H](O)C(=C1C)C2(C)C)[C@@H](O)C[C@H]1OC[C@@]31OC(C)=O. The third kappa shape index (κ3) is 6.05. The molecule has 0 aromatic heterocycles. The predicted octanol–water partition coefficient (Wildman–Crippen LogP) is 3.15. The number of carbonyl (C=O) groups is 5. The summed E-state index contributed by atoms with van der Waals surface area (Å²) >= 11 is 0. The van der Waals surface area contributed by atoms with Crippen LogP contribution in [0, 0.1) is 22.7 Å². The number of ketones is 1. The second-order valence-corrected chi connectivity index (χ2v) is 16.0. The molecule has 2 saturated carbocycles. The molecule has 13 heteroatoms. The number of Topliss-reactive ketones (excluding diaryl/α,β-unsaturated/α-hetero) is 1. The van der Waals surface area contributed by atoms with E-state index < -0.39 is 94.1 Å². The van der Waals surface area contributed by atoms with Crippen molar-refractivity contribution in [3.63, 3.8) is 0 Å². The van der Waals surface area contributed by atoms with Gasteiger partial charge in [0.05, 0.1) is 41.6 Å². The summed E-state index contributed by atoms with van der Waals surface area (Å²) in [5.41, 5.74) is -6.31. The van der Waals surface area contributed by atoms with Crippen molar-refractivity contribution in [2.24, 2.45) is 22.7 Å². The summed E-state index contributed by atoms with van der Waals surface area (Å²) in [6.45, 7) is 10.1. The zero-order valence-electron chi connectivity index (χ0n) is 31.5. The third-order valence-electron chi connectivity index (χ3n) is 12.6. The van der Waals surface area contributed by atoms with Crippen molar-refractivity contribution >= 4 is 29.6 Å². The van der Waals surface area contributed by atoms with E-state index in [-0.39, 0.29) is 36.5 Å². The number of nitrogens with one attached hydrogen (secondary N) is 1. The molecule has 1 aliphatic heterocycles. The number of aliphatic hydroxyl groups excluding tert-OH is 2. The molecular weight excluding hydrogens is 698 g/mol. The molecular formula is C41H49NO12. The van der Waals surface area contributed by atoms with E-state index in [0.29, 0.717) is 11.1 Å². The van der Waals surface area contributed by atoms with Crippen molar-refractivity contribution in [1.82, 2.24) is 5.32 Å².